The summed E-state index contributed by atoms with van der Waals surface area (Å²) < 4.78 is 5.67. The summed E-state index contributed by atoms with van der Waals surface area (Å²) in [7, 11) is 0. The van der Waals surface area contributed by atoms with Gasteiger partial charge in [0, 0.05) is 37.3 Å². The van der Waals surface area contributed by atoms with E-state index >= 15 is 0 Å². The first-order valence-corrected chi connectivity index (χ1v) is 7.89. The molecule has 1 aliphatic heterocycles. The molecule has 0 spiro atoms. The quantitative estimate of drug-likeness (QED) is 0.939. The number of carbonyl (C=O) groups excluding carboxylic acids is 2. The largest absolute Gasteiger partial charge is 0.456 e. The second-order valence-electron chi connectivity index (χ2n) is 5.72. The number of carbonyl (C=O) groups is 2. The van der Waals surface area contributed by atoms with Gasteiger partial charge in [0.25, 0.3) is 5.91 Å². The molecule has 2 aromatic rings. The van der Waals surface area contributed by atoms with E-state index in [-0.39, 0.29) is 17.9 Å². The highest BCUT2D eigenvalue weighted by molar-refractivity contribution is 5.95. The fourth-order valence-corrected chi connectivity index (χ4v) is 2.66. The number of nitrogens with zero attached hydrogens (tertiary/aromatic N) is 2. The first-order chi connectivity index (χ1) is 11.6. The van der Waals surface area contributed by atoms with Crippen molar-refractivity contribution in [1.82, 2.24) is 15.2 Å². The number of benzene rings is 1. The Bertz CT molecular complexity index is 716. The number of nitrogens with one attached hydrogen (secondary N) is 1. The van der Waals surface area contributed by atoms with E-state index in [0.29, 0.717) is 36.6 Å². The zero-order valence-electron chi connectivity index (χ0n) is 13.4. The zero-order valence-corrected chi connectivity index (χ0v) is 13.4. The normalized spacial score (nSPS) is 17.8. The summed E-state index contributed by atoms with van der Waals surface area (Å²) in [6, 6.07) is 10.5. The molecule has 1 aliphatic rings. The first kappa shape index (κ1) is 16.0. The molecule has 3 rings (SSSR count). The van der Waals surface area contributed by atoms with Crippen LogP contribution in [0.5, 0.6) is 11.5 Å². The van der Waals surface area contributed by atoms with Crippen LogP contribution in [0.4, 0.5) is 0 Å². The van der Waals surface area contributed by atoms with Crippen molar-refractivity contribution in [3.05, 3.63) is 54.4 Å². The van der Waals surface area contributed by atoms with Crippen molar-refractivity contribution in [1.29, 1.82) is 0 Å². The maximum absolute atomic E-state index is 12.7. The van der Waals surface area contributed by atoms with Gasteiger partial charge in [0.15, 0.2) is 0 Å². The molecule has 1 saturated heterocycles. The molecule has 124 valence electrons. The van der Waals surface area contributed by atoms with Crippen LogP contribution in [0, 0.1) is 0 Å². The predicted octanol–water partition coefficient (Wildman–Crippen LogP) is 2.22. The van der Waals surface area contributed by atoms with E-state index in [1.807, 2.05) is 13.0 Å². The van der Waals surface area contributed by atoms with Crippen LogP contribution in [0.3, 0.4) is 0 Å². The van der Waals surface area contributed by atoms with Crippen LogP contribution in [-0.2, 0) is 4.79 Å². The minimum absolute atomic E-state index is 0.0157. The van der Waals surface area contributed by atoms with Crippen LogP contribution in [0.15, 0.2) is 48.8 Å². The van der Waals surface area contributed by atoms with Crippen molar-refractivity contribution >= 4 is 11.8 Å². The van der Waals surface area contributed by atoms with Crippen LogP contribution >= 0.6 is 0 Å². The Hall–Kier alpha value is -2.89. The van der Waals surface area contributed by atoms with Gasteiger partial charge in [-0.1, -0.05) is 0 Å². The van der Waals surface area contributed by atoms with E-state index < -0.39 is 0 Å². The summed E-state index contributed by atoms with van der Waals surface area (Å²) in [4.78, 5) is 29.9. The Labute approximate surface area is 140 Å². The van der Waals surface area contributed by atoms with Gasteiger partial charge in [-0.25, -0.2) is 0 Å². The number of aromatic nitrogens is 1. The number of rotatable bonds is 3. The van der Waals surface area contributed by atoms with E-state index in [1.165, 1.54) is 0 Å². The van der Waals surface area contributed by atoms with E-state index in [9.17, 15) is 9.59 Å². The third-order valence-electron chi connectivity index (χ3n) is 3.92. The average Bonchev–Trinajstić information content (AvgIpc) is 2.76. The second-order valence-corrected chi connectivity index (χ2v) is 5.72. The number of pyridine rings is 1. The van der Waals surface area contributed by atoms with Gasteiger partial charge >= 0.3 is 0 Å². The van der Waals surface area contributed by atoms with Crippen LogP contribution < -0.4 is 10.1 Å². The van der Waals surface area contributed by atoms with Crippen LogP contribution in [0.2, 0.25) is 0 Å². The van der Waals surface area contributed by atoms with E-state index in [4.69, 9.17) is 4.74 Å². The summed E-state index contributed by atoms with van der Waals surface area (Å²) in [5.41, 5.74) is 0.578. The number of ether oxygens (including phenoxy) is 1. The molecule has 2 heterocycles. The molecule has 0 aliphatic carbocycles. The lowest BCUT2D eigenvalue weighted by Crippen LogP contribution is -2.39. The molecule has 1 N–H and O–H groups in total. The van der Waals surface area contributed by atoms with E-state index in [2.05, 4.69) is 10.3 Å². The van der Waals surface area contributed by atoms with Crippen molar-refractivity contribution in [2.45, 2.75) is 19.4 Å². The van der Waals surface area contributed by atoms with Crippen molar-refractivity contribution in [2.24, 2.45) is 0 Å². The molecule has 0 radical (unpaired) electrons. The van der Waals surface area contributed by atoms with Gasteiger partial charge in [-0.05, 0) is 43.3 Å². The lowest BCUT2D eigenvalue weighted by atomic mass is 10.1. The molecule has 24 heavy (non-hydrogen) atoms. The van der Waals surface area contributed by atoms with Gasteiger partial charge in [-0.3, -0.25) is 14.6 Å². The highest BCUT2D eigenvalue weighted by Gasteiger charge is 2.25. The Morgan fingerprint density at radius 1 is 1.25 bits per heavy atom. The standard InChI is InChI=1S/C18H19N3O3/c1-13-11-17(22)20-9-10-21(13)18(23)14-4-6-15(7-5-14)24-16-3-2-8-19-12-16/h2-8,12-13H,9-11H2,1H3,(H,20,22). The van der Waals surface area contributed by atoms with Crippen LogP contribution in [0.1, 0.15) is 23.7 Å². The molecule has 1 atom stereocenters. The molecule has 2 amide bonds. The highest BCUT2D eigenvalue weighted by atomic mass is 16.5. The SMILES string of the molecule is CC1CC(=O)NCCN1C(=O)c1ccc(Oc2cccnc2)cc1. The maximum Gasteiger partial charge on any atom is 0.254 e. The van der Waals surface area contributed by atoms with Crippen molar-refractivity contribution in [2.75, 3.05) is 13.1 Å². The Kier molecular flexibility index (Phi) is 4.74. The monoisotopic (exact) mass is 325 g/mol. The molecule has 0 saturated carbocycles. The summed E-state index contributed by atoms with van der Waals surface area (Å²) in [5.74, 6) is 1.19. The Balaban J connectivity index is 1.70. The molecule has 1 aromatic carbocycles. The lowest BCUT2D eigenvalue weighted by Gasteiger charge is -2.26. The summed E-state index contributed by atoms with van der Waals surface area (Å²) in [6.45, 7) is 2.89. The fraction of sp³-hybridized carbons (Fsp3) is 0.278. The van der Waals surface area contributed by atoms with E-state index in [1.54, 1.807) is 47.6 Å². The van der Waals surface area contributed by atoms with Gasteiger partial charge in [0.1, 0.15) is 11.5 Å². The van der Waals surface area contributed by atoms with Gasteiger partial charge in [-0.15, -0.1) is 0 Å². The Morgan fingerprint density at radius 3 is 2.75 bits per heavy atom. The zero-order chi connectivity index (χ0) is 16.9. The summed E-state index contributed by atoms with van der Waals surface area (Å²) in [5, 5.41) is 2.79. The molecule has 6 nitrogen and oxygen atoms in total. The summed E-state index contributed by atoms with van der Waals surface area (Å²) in [6.07, 6.45) is 3.63. The van der Waals surface area contributed by atoms with E-state index in [0.717, 1.165) is 0 Å². The van der Waals surface area contributed by atoms with Gasteiger partial charge in [0.05, 0.1) is 6.20 Å². The molecule has 0 bridgehead atoms. The topological polar surface area (TPSA) is 71.5 Å². The molecule has 1 unspecified atom stereocenters. The maximum atomic E-state index is 12.7. The third-order valence-corrected chi connectivity index (χ3v) is 3.92. The highest BCUT2D eigenvalue weighted by Crippen LogP contribution is 2.21. The molecule has 1 aromatic heterocycles. The lowest BCUT2D eigenvalue weighted by molar-refractivity contribution is -0.121. The number of hydrogen-bond acceptors (Lipinski definition) is 4. The number of amides is 2. The van der Waals surface area contributed by atoms with Crippen molar-refractivity contribution in [3.8, 4) is 11.5 Å². The van der Waals surface area contributed by atoms with Gasteiger partial charge < -0.3 is 15.0 Å². The fourth-order valence-electron chi connectivity index (χ4n) is 2.66. The minimum atomic E-state index is -0.119. The van der Waals surface area contributed by atoms with Crippen LogP contribution in [-0.4, -0.2) is 40.8 Å². The number of hydrogen-bond donors (Lipinski definition) is 1. The second kappa shape index (κ2) is 7.12. The van der Waals surface area contributed by atoms with Crippen molar-refractivity contribution < 1.29 is 14.3 Å². The molecular formula is C18H19N3O3. The van der Waals surface area contributed by atoms with Crippen molar-refractivity contribution in [3.63, 3.8) is 0 Å². The molecule has 1 fully saturated rings. The average molecular weight is 325 g/mol. The summed E-state index contributed by atoms with van der Waals surface area (Å²) >= 11 is 0. The minimum Gasteiger partial charge on any atom is -0.456 e. The van der Waals surface area contributed by atoms with Gasteiger partial charge in [0.2, 0.25) is 5.91 Å². The first-order valence-electron chi connectivity index (χ1n) is 7.89. The predicted molar refractivity (Wildman–Crippen MR) is 88.9 cm³/mol. The van der Waals surface area contributed by atoms with Crippen LogP contribution in [0.25, 0.3) is 0 Å². The molecular weight excluding hydrogens is 306 g/mol. The Morgan fingerprint density at radius 2 is 2.04 bits per heavy atom. The molecule has 6 heteroatoms. The smallest absolute Gasteiger partial charge is 0.254 e. The third kappa shape index (κ3) is 3.71. The van der Waals surface area contributed by atoms with Gasteiger partial charge in [-0.2, -0.15) is 0 Å².